The lowest BCUT2D eigenvalue weighted by atomic mass is 10.1. The molecule has 0 spiro atoms. The van der Waals surface area contributed by atoms with Gasteiger partial charge >= 0.3 is 0 Å². The summed E-state index contributed by atoms with van der Waals surface area (Å²) in [6.45, 7) is 3.15. The summed E-state index contributed by atoms with van der Waals surface area (Å²) in [4.78, 5) is 12.3. The van der Waals surface area contributed by atoms with Crippen molar-refractivity contribution < 1.29 is 22.0 Å². The Morgan fingerprint density at radius 2 is 1.80 bits per heavy atom. The highest BCUT2D eigenvalue weighted by Crippen LogP contribution is 2.22. The fourth-order valence-corrected chi connectivity index (χ4v) is 3.10. The third-order valence-corrected chi connectivity index (χ3v) is 4.90. The van der Waals surface area contributed by atoms with Crippen molar-refractivity contribution in [1.29, 1.82) is 0 Å². The first-order valence-electron chi connectivity index (χ1n) is 7.38. The van der Waals surface area contributed by atoms with Crippen molar-refractivity contribution in [2.24, 2.45) is 0 Å². The summed E-state index contributed by atoms with van der Waals surface area (Å²) in [5, 5.41) is 2.64. The highest BCUT2D eigenvalue weighted by Gasteiger charge is 2.22. The predicted molar refractivity (Wildman–Crippen MR) is 93.1 cm³/mol. The third-order valence-electron chi connectivity index (χ3n) is 3.76. The van der Waals surface area contributed by atoms with E-state index in [1.54, 1.807) is 12.1 Å². The van der Waals surface area contributed by atoms with Gasteiger partial charge in [0.2, 0.25) is 15.9 Å². The van der Waals surface area contributed by atoms with Crippen LogP contribution in [0.15, 0.2) is 36.4 Å². The molecule has 0 unspecified atom stereocenters. The molecule has 0 aliphatic rings. The van der Waals surface area contributed by atoms with Crippen molar-refractivity contribution in [1.82, 2.24) is 0 Å². The van der Waals surface area contributed by atoms with E-state index in [1.165, 1.54) is 0 Å². The van der Waals surface area contributed by atoms with Gasteiger partial charge in [0.05, 0.1) is 11.9 Å². The number of benzene rings is 2. The maximum atomic E-state index is 13.4. The molecule has 2 aromatic rings. The van der Waals surface area contributed by atoms with E-state index in [2.05, 4.69) is 5.32 Å². The average molecular weight is 368 g/mol. The van der Waals surface area contributed by atoms with E-state index in [9.17, 15) is 22.0 Å². The zero-order chi connectivity index (χ0) is 18.8. The average Bonchev–Trinajstić information content (AvgIpc) is 2.51. The molecule has 25 heavy (non-hydrogen) atoms. The zero-order valence-electron chi connectivity index (χ0n) is 14.0. The van der Waals surface area contributed by atoms with Crippen molar-refractivity contribution in [2.45, 2.75) is 13.8 Å². The SMILES string of the molecule is Cc1cccc(NC(=O)CN(c2ccc(F)c(F)c2)S(C)(=O)=O)c1C. The third kappa shape index (κ3) is 4.54. The van der Waals surface area contributed by atoms with E-state index in [0.717, 1.165) is 39.9 Å². The van der Waals surface area contributed by atoms with Crippen LogP contribution in [0.3, 0.4) is 0 Å². The minimum Gasteiger partial charge on any atom is -0.324 e. The highest BCUT2D eigenvalue weighted by molar-refractivity contribution is 7.92. The molecule has 0 aliphatic carbocycles. The number of rotatable bonds is 5. The van der Waals surface area contributed by atoms with Crippen LogP contribution in [0.2, 0.25) is 0 Å². The number of carbonyl (C=O) groups is 1. The van der Waals surface area contributed by atoms with Gasteiger partial charge in [-0.3, -0.25) is 9.10 Å². The van der Waals surface area contributed by atoms with Crippen LogP contribution in [0.1, 0.15) is 11.1 Å². The Balaban J connectivity index is 2.27. The Kier molecular flexibility index (Phi) is 5.42. The maximum Gasteiger partial charge on any atom is 0.245 e. The van der Waals surface area contributed by atoms with E-state index in [4.69, 9.17) is 0 Å². The van der Waals surface area contributed by atoms with Gasteiger partial charge in [0.25, 0.3) is 0 Å². The zero-order valence-corrected chi connectivity index (χ0v) is 14.8. The van der Waals surface area contributed by atoms with Crippen LogP contribution in [0.4, 0.5) is 20.2 Å². The summed E-state index contributed by atoms with van der Waals surface area (Å²) in [6.07, 6.45) is 0.888. The number of hydrogen-bond donors (Lipinski definition) is 1. The molecule has 0 saturated carbocycles. The summed E-state index contributed by atoms with van der Waals surface area (Å²) in [5.41, 5.74) is 2.26. The molecule has 0 aliphatic heterocycles. The summed E-state index contributed by atoms with van der Waals surface area (Å²) in [7, 11) is -3.87. The summed E-state index contributed by atoms with van der Waals surface area (Å²) in [6, 6.07) is 8.00. The molecule has 2 aromatic carbocycles. The van der Waals surface area contributed by atoms with E-state index in [-0.39, 0.29) is 5.69 Å². The van der Waals surface area contributed by atoms with Gasteiger partial charge in [-0.2, -0.15) is 0 Å². The summed E-state index contributed by atoms with van der Waals surface area (Å²) >= 11 is 0. The number of halogens is 2. The molecule has 0 aromatic heterocycles. The summed E-state index contributed by atoms with van der Waals surface area (Å²) in [5.74, 6) is -2.89. The standard InChI is InChI=1S/C17H18F2N2O3S/c1-11-5-4-6-16(12(11)2)20-17(22)10-21(25(3,23)24)13-7-8-14(18)15(19)9-13/h4-9H,10H2,1-3H3,(H,20,22). The lowest BCUT2D eigenvalue weighted by Gasteiger charge is -2.22. The monoisotopic (exact) mass is 368 g/mol. The van der Waals surface area contributed by atoms with Gasteiger partial charge < -0.3 is 5.32 Å². The topological polar surface area (TPSA) is 66.5 Å². The molecule has 1 N–H and O–H groups in total. The fraction of sp³-hybridized carbons (Fsp3) is 0.235. The molecule has 1 amide bonds. The molecule has 0 saturated heterocycles. The number of nitrogens with zero attached hydrogens (tertiary/aromatic N) is 1. The second-order valence-corrected chi connectivity index (χ2v) is 7.57. The van der Waals surface area contributed by atoms with Crippen molar-refractivity contribution in [3.8, 4) is 0 Å². The number of aryl methyl sites for hydroxylation is 1. The highest BCUT2D eigenvalue weighted by atomic mass is 32.2. The second kappa shape index (κ2) is 7.18. The van der Waals surface area contributed by atoms with Crippen molar-refractivity contribution in [3.63, 3.8) is 0 Å². The first-order chi connectivity index (χ1) is 11.6. The van der Waals surface area contributed by atoms with Crippen molar-refractivity contribution >= 4 is 27.3 Å². The van der Waals surface area contributed by atoms with Crippen LogP contribution in [0.5, 0.6) is 0 Å². The van der Waals surface area contributed by atoms with Crippen molar-refractivity contribution in [2.75, 3.05) is 22.4 Å². The molecular formula is C17H18F2N2O3S. The van der Waals surface area contributed by atoms with Gasteiger partial charge in [-0.15, -0.1) is 0 Å². The largest absolute Gasteiger partial charge is 0.324 e. The van der Waals surface area contributed by atoms with Crippen LogP contribution in [-0.4, -0.2) is 27.1 Å². The Labute approximate surface area is 145 Å². The van der Waals surface area contributed by atoms with Crippen LogP contribution in [-0.2, 0) is 14.8 Å². The Morgan fingerprint density at radius 3 is 2.40 bits per heavy atom. The van der Waals surface area contributed by atoms with E-state index < -0.39 is 34.1 Å². The molecule has 0 bridgehead atoms. The number of anilines is 2. The quantitative estimate of drug-likeness (QED) is 0.882. The second-order valence-electron chi connectivity index (χ2n) is 5.66. The normalized spacial score (nSPS) is 11.2. The smallest absolute Gasteiger partial charge is 0.245 e. The van der Waals surface area contributed by atoms with E-state index >= 15 is 0 Å². The Bertz CT molecular complexity index is 914. The van der Waals surface area contributed by atoms with E-state index in [0.29, 0.717) is 5.69 Å². The molecule has 5 nitrogen and oxygen atoms in total. The first-order valence-corrected chi connectivity index (χ1v) is 9.23. The number of carbonyl (C=O) groups excluding carboxylic acids is 1. The predicted octanol–water partition coefficient (Wildman–Crippen LogP) is 2.99. The molecule has 134 valence electrons. The molecule has 2 rings (SSSR count). The number of nitrogens with one attached hydrogen (secondary N) is 1. The Hall–Kier alpha value is -2.48. The van der Waals surface area contributed by atoms with Crippen LogP contribution in [0, 0.1) is 25.5 Å². The number of sulfonamides is 1. The van der Waals surface area contributed by atoms with Gasteiger partial charge in [0, 0.05) is 11.8 Å². The minimum atomic E-state index is -3.87. The van der Waals surface area contributed by atoms with Gasteiger partial charge in [-0.05, 0) is 43.2 Å². The van der Waals surface area contributed by atoms with Gasteiger partial charge in [-0.1, -0.05) is 12.1 Å². The van der Waals surface area contributed by atoms with Gasteiger partial charge in [0.15, 0.2) is 11.6 Å². The van der Waals surface area contributed by atoms with Crippen LogP contribution < -0.4 is 9.62 Å². The number of hydrogen-bond acceptors (Lipinski definition) is 3. The van der Waals surface area contributed by atoms with Gasteiger partial charge in [-0.25, -0.2) is 17.2 Å². The molecular weight excluding hydrogens is 350 g/mol. The lowest BCUT2D eigenvalue weighted by molar-refractivity contribution is -0.114. The Morgan fingerprint density at radius 1 is 1.12 bits per heavy atom. The fourth-order valence-electron chi connectivity index (χ4n) is 2.25. The molecule has 0 atom stereocenters. The van der Waals surface area contributed by atoms with Crippen molar-refractivity contribution in [3.05, 3.63) is 59.2 Å². The first kappa shape index (κ1) is 18.9. The molecule has 0 radical (unpaired) electrons. The van der Waals surface area contributed by atoms with Gasteiger partial charge in [0.1, 0.15) is 6.54 Å². The maximum absolute atomic E-state index is 13.4. The number of amides is 1. The molecule has 0 fully saturated rings. The van der Waals surface area contributed by atoms with Crippen LogP contribution in [0.25, 0.3) is 0 Å². The minimum absolute atomic E-state index is 0.127. The summed E-state index contributed by atoms with van der Waals surface area (Å²) < 4.78 is 51.1. The molecule has 8 heteroatoms. The lowest BCUT2D eigenvalue weighted by Crippen LogP contribution is -2.37. The van der Waals surface area contributed by atoms with E-state index in [1.807, 2.05) is 19.9 Å². The van der Waals surface area contributed by atoms with Crippen LogP contribution >= 0.6 is 0 Å². The molecule has 0 heterocycles.